The van der Waals surface area contributed by atoms with E-state index >= 15 is 0 Å². The van der Waals surface area contributed by atoms with Crippen LogP contribution in [0.25, 0.3) is 20.4 Å². The molecule has 1 aromatic carbocycles. The maximum Gasteiger partial charge on any atom is 0.181 e. The van der Waals surface area contributed by atoms with Gasteiger partial charge in [-0.3, -0.25) is 0 Å². The third kappa shape index (κ3) is 1.03. The Hall–Kier alpha value is -1.20. The van der Waals surface area contributed by atoms with Crippen molar-refractivity contribution in [1.82, 2.24) is 9.97 Å². The number of anilines is 1. The first-order valence-electron chi connectivity index (χ1n) is 4.16. The number of nitrogens with two attached hydrogens (primary N) is 1. The van der Waals surface area contributed by atoms with Crippen molar-refractivity contribution in [2.24, 2.45) is 0 Å². The SMILES string of the molecule is Cc1nc2c(ccc3sc(N)nc32)s1. The summed E-state index contributed by atoms with van der Waals surface area (Å²) in [6, 6.07) is 4.14. The van der Waals surface area contributed by atoms with Gasteiger partial charge in [0.05, 0.1) is 14.4 Å². The fourth-order valence-electron chi connectivity index (χ4n) is 1.51. The fourth-order valence-corrected chi connectivity index (χ4v) is 3.08. The normalized spacial score (nSPS) is 11.5. The number of aryl methyl sites for hydroxylation is 1. The van der Waals surface area contributed by atoms with Crippen molar-refractivity contribution < 1.29 is 0 Å². The molecule has 0 saturated heterocycles. The highest BCUT2D eigenvalue weighted by Crippen LogP contribution is 2.32. The molecule has 2 N–H and O–H groups in total. The highest BCUT2D eigenvalue weighted by atomic mass is 32.1. The van der Waals surface area contributed by atoms with Crippen LogP contribution in [0, 0.1) is 6.92 Å². The number of fused-ring (bicyclic) bond motifs is 3. The number of thiazole rings is 2. The highest BCUT2D eigenvalue weighted by Gasteiger charge is 2.08. The lowest BCUT2D eigenvalue weighted by atomic mass is 10.3. The average molecular weight is 221 g/mol. The number of hydrogen-bond donors (Lipinski definition) is 1. The van der Waals surface area contributed by atoms with Gasteiger partial charge in [-0.05, 0) is 19.1 Å². The summed E-state index contributed by atoms with van der Waals surface area (Å²) >= 11 is 3.20. The molecule has 0 bridgehead atoms. The van der Waals surface area contributed by atoms with Crippen molar-refractivity contribution in [1.29, 1.82) is 0 Å². The van der Waals surface area contributed by atoms with Gasteiger partial charge in [0.15, 0.2) is 5.13 Å². The molecule has 0 atom stereocenters. The molecule has 0 amide bonds. The van der Waals surface area contributed by atoms with Gasteiger partial charge < -0.3 is 5.73 Å². The van der Waals surface area contributed by atoms with Crippen molar-refractivity contribution in [3.8, 4) is 0 Å². The van der Waals surface area contributed by atoms with Gasteiger partial charge >= 0.3 is 0 Å². The average Bonchev–Trinajstić information content (AvgIpc) is 2.65. The Morgan fingerprint density at radius 2 is 1.71 bits per heavy atom. The summed E-state index contributed by atoms with van der Waals surface area (Å²) in [5.41, 5.74) is 7.59. The summed E-state index contributed by atoms with van der Waals surface area (Å²) in [4.78, 5) is 8.76. The lowest BCUT2D eigenvalue weighted by Gasteiger charge is -1.87. The van der Waals surface area contributed by atoms with E-state index in [1.807, 2.05) is 6.92 Å². The van der Waals surface area contributed by atoms with Crippen LogP contribution in [0.1, 0.15) is 5.01 Å². The van der Waals surface area contributed by atoms with Gasteiger partial charge in [0.2, 0.25) is 0 Å². The highest BCUT2D eigenvalue weighted by molar-refractivity contribution is 7.22. The summed E-state index contributed by atoms with van der Waals surface area (Å²) in [7, 11) is 0. The molecule has 0 radical (unpaired) electrons. The van der Waals surface area contributed by atoms with Crippen LogP contribution < -0.4 is 5.73 Å². The van der Waals surface area contributed by atoms with Crippen molar-refractivity contribution in [3.05, 3.63) is 17.1 Å². The van der Waals surface area contributed by atoms with E-state index < -0.39 is 0 Å². The van der Waals surface area contributed by atoms with E-state index in [9.17, 15) is 0 Å². The molecular weight excluding hydrogens is 214 g/mol. The Balaban J connectivity index is 2.58. The zero-order valence-electron chi connectivity index (χ0n) is 7.44. The van der Waals surface area contributed by atoms with Gasteiger partial charge in [-0.2, -0.15) is 0 Å². The van der Waals surface area contributed by atoms with Crippen LogP contribution in [-0.4, -0.2) is 9.97 Å². The molecule has 2 heterocycles. The van der Waals surface area contributed by atoms with Crippen molar-refractivity contribution in [2.45, 2.75) is 6.92 Å². The zero-order chi connectivity index (χ0) is 9.71. The molecule has 0 spiro atoms. The maximum atomic E-state index is 5.67. The van der Waals surface area contributed by atoms with E-state index in [1.54, 1.807) is 11.3 Å². The van der Waals surface area contributed by atoms with Gasteiger partial charge in [-0.15, -0.1) is 11.3 Å². The Morgan fingerprint density at radius 3 is 2.50 bits per heavy atom. The Labute approximate surface area is 88.2 Å². The molecule has 3 aromatic rings. The van der Waals surface area contributed by atoms with E-state index in [0.717, 1.165) is 20.7 Å². The maximum absolute atomic E-state index is 5.67. The van der Waals surface area contributed by atoms with Crippen LogP contribution in [0.5, 0.6) is 0 Å². The lowest BCUT2D eigenvalue weighted by Crippen LogP contribution is -1.80. The second kappa shape index (κ2) is 2.65. The molecule has 0 saturated carbocycles. The molecule has 3 nitrogen and oxygen atoms in total. The first-order chi connectivity index (χ1) is 6.74. The predicted octanol–water partition coefficient (Wildman–Crippen LogP) is 2.80. The van der Waals surface area contributed by atoms with Gasteiger partial charge in [-0.25, -0.2) is 9.97 Å². The number of aromatic nitrogens is 2. The van der Waals surface area contributed by atoms with Gasteiger partial charge in [-0.1, -0.05) is 11.3 Å². The largest absolute Gasteiger partial charge is 0.375 e. The molecule has 0 aliphatic carbocycles. The van der Waals surface area contributed by atoms with Gasteiger partial charge in [0.1, 0.15) is 11.0 Å². The molecule has 3 rings (SSSR count). The minimum atomic E-state index is 0.609. The Morgan fingerprint density at radius 1 is 1.07 bits per heavy atom. The molecule has 0 unspecified atom stereocenters. The molecule has 14 heavy (non-hydrogen) atoms. The predicted molar refractivity (Wildman–Crippen MR) is 61.9 cm³/mol. The van der Waals surface area contributed by atoms with Crippen LogP contribution >= 0.6 is 22.7 Å². The third-order valence-corrected chi connectivity index (χ3v) is 3.83. The van der Waals surface area contributed by atoms with Crippen LogP contribution in [0.3, 0.4) is 0 Å². The summed E-state index contributed by atoms with van der Waals surface area (Å²) in [5.74, 6) is 0. The Kier molecular flexibility index (Phi) is 1.54. The minimum absolute atomic E-state index is 0.609. The number of nitrogen functional groups attached to an aromatic ring is 1. The topological polar surface area (TPSA) is 51.8 Å². The van der Waals surface area contributed by atoms with Crippen molar-refractivity contribution in [3.63, 3.8) is 0 Å². The van der Waals surface area contributed by atoms with Crippen LogP contribution in [0.15, 0.2) is 12.1 Å². The van der Waals surface area contributed by atoms with E-state index in [-0.39, 0.29) is 0 Å². The molecule has 0 aliphatic heterocycles. The van der Waals surface area contributed by atoms with E-state index in [1.165, 1.54) is 16.0 Å². The Bertz CT molecular complexity index is 568. The lowest BCUT2D eigenvalue weighted by molar-refractivity contribution is 1.35. The van der Waals surface area contributed by atoms with Crippen molar-refractivity contribution >= 4 is 48.2 Å². The first kappa shape index (κ1) is 8.14. The first-order valence-corrected chi connectivity index (χ1v) is 5.79. The third-order valence-electron chi connectivity index (χ3n) is 2.04. The molecule has 2 aromatic heterocycles. The van der Waals surface area contributed by atoms with E-state index in [0.29, 0.717) is 5.13 Å². The summed E-state index contributed by atoms with van der Waals surface area (Å²) < 4.78 is 2.29. The molecule has 70 valence electrons. The molecule has 0 fully saturated rings. The monoisotopic (exact) mass is 221 g/mol. The minimum Gasteiger partial charge on any atom is -0.375 e. The number of hydrogen-bond acceptors (Lipinski definition) is 5. The standard InChI is InChI=1S/C9H7N3S2/c1-4-11-7-5(13-4)2-3-6-8(7)12-9(10)14-6/h2-3H,1H3,(H2,10,12). The molecule has 0 aliphatic rings. The van der Waals surface area contributed by atoms with E-state index in [4.69, 9.17) is 5.73 Å². The van der Waals surface area contributed by atoms with Gasteiger partial charge in [0, 0.05) is 0 Å². The second-order valence-electron chi connectivity index (χ2n) is 3.04. The fraction of sp³-hybridized carbons (Fsp3) is 0.111. The van der Waals surface area contributed by atoms with E-state index in [2.05, 4.69) is 22.1 Å². The number of rotatable bonds is 0. The quantitative estimate of drug-likeness (QED) is 0.635. The molecular formula is C9H7N3S2. The van der Waals surface area contributed by atoms with Crippen LogP contribution in [0.4, 0.5) is 5.13 Å². The van der Waals surface area contributed by atoms with Gasteiger partial charge in [0.25, 0.3) is 0 Å². The van der Waals surface area contributed by atoms with Crippen LogP contribution in [0.2, 0.25) is 0 Å². The van der Waals surface area contributed by atoms with Crippen molar-refractivity contribution in [2.75, 3.05) is 5.73 Å². The second-order valence-corrected chi connectivity index (χ2v) is 5.34. The number of benzene rings is 1. The summed E-state index contributed by atoms with van der Waals surface area (Å²) in [6.07, 6.45) is 0. The van der Waals surface area contributed by atoms with Crippen LogP contribution in [-0.2, 0) is 0 Å². The smallest absolute Gasteiger partial charge is 0.181 e. The summed E-state index contributed by atoms with van der Waals surface area (Å²) in [5, 5.41) is 1.68. The summed E-state index contributed by atoms with van der Waals surface area (Å²) in [6.45, 7) is 2.01. The molecule has 5 heteroatoms. The number of nitrogens with zero attached hydrogens (tertiary/aromatic N) is 2. The zero-order valence-corrected chi connectivity index (χ0v) is 9.08.